The third-order valence-corrected chi connectivity index (χ3v) is 5.92. The molecule has 29 heavy (non-hydrogen) atoms. The fourth-order valence-electron chi connectivity index (χ4n) is 4.27. The zero-order chi connectivity index (χ0) is 19.8. The average molecular weight is 391 g/mol. The van der Waals surface area contributed by atoms with Crippen molar-refractivity contribution in [2.24, 2.45) is 0 Å². The van der Waals surface area contributed by atoms with Gasteiger partial charge >= 0.3 is 0 Å². The monoisotopic (exact) mass is 391 g/mol. The average Bonchev–Trinajstić information content (AvgIpc) is 3.50. The molecule has 150 valence electrons. The first-order valence-electron chi connectivity index (χ1n) is 10.3. The molecule has 7 nitrogen and oxygen atoms in total. The number of ether oxygens (including phenoxy) is 1. The van der Waals surface area contributed by atoms with Gasteiger partial charge < -0.3 is 9.64 Å². The molecule has 0 N–H and O–H groups in total. The van der Waals surface area contributed by atoms with Crippen LogP contribution in [0.5, 0.6) is 0 Å². The number of hydrogen-bond donors (Lipinski definition) is 0. The van der Waals surface area contributed by atoms with E-state index in [1.807, 2.05) is 24.3 Å². The number of methoxy groups -OCH3 is 1. The molecule has 1 unspecified atom stereocenters. The highest BCUT2D eigenvalue weighted by atomic mass is 16.5. The van der Waals surface area contributed by atoms with Crippen LogP contribution in [-0.2, 0) is 11.3 Å². The fourth-order valence-corrected chi connectivity index (χ4v) is 4.27. The van der Waals surface area contributed by atoms with Crippen LogP contribution in [0.15, 0.2) is 41.5 Å². The number of hydrogen-bond acceptors (Lipinski definition) is 6. The number of para-hydroxylation sites is 1. The largest absolute Gasteiger partial charge is 0.383 e. The van der Waals surface area contributed by atoms with Crippen LogP contribution in [0.1, 0.15) is 49.2 Å². The van der Waals surface area contributed by atoms with Crippen molar-refractivity contribution < 1.29 is 4.74 Å². The van der Waals surface area contributed by atoms with Crippen LogP contribution in [0, 0.1) is 0 Å². The lowest BCUT2D eigenvalue weighted by Crippen LogP contribution is -2.33. The summed E-state index contributed by atoms with van der Waals surface area (Å²) in [6.45, 7) is 1.86. The van der Waals surface area contributed by atoms with Gasteiger partial charge in [-0.25, -0.2) is 15.0 Å². The van der Waals surface area contributed by atoms with E-state index in [1.165, 1.54) is 12.8 Å². The van der Waals surface area contributed by atoms with Crippen LogP contribution in [0.2, 0.25) is 0 Å². The molecular formula is C22H25N5O2. The van der Waals surface area contributed by atoms with Crippen LogP contribution in [-0.4, -0.2) is 39.8 Å². The van der Waals surface area contributed by atoms with Gasteiger partial charge in [0.2, 0.25) is 0 Å². The number of aromatic nitrogens is 4. The van der Waals surface area contributed by atoms with Crippen molar-refractivity contribution in [2.45, 2.75) is 44.2 Å². The standard InChI is InChI=1S/C22H25N5O2/c1-29-12-11-27-21(25-17-6-3-2-5-16(17)22(27)28)19-7-4-10-26(19)20-13-18(15-8-9-15)23-14-24-20/h2-3,5-6,13-15,19H,4,7-12H2,1H3. The van der Waals surface area contributed by atoms with E-state index in [2.05, 4.69) is 20.9 Å². The van der Waals surface area contributed by atoms with Crippen LogP contribution in [0.3, 0.4) is 0 Å². The van der Waals surface area contributed by atoms with Crippen molar-refractivity contribution in [1.82, 2.24) is 19.5 Å². The van der Waals surface area contributed by atoms with E-state index < -0.39 is 0 Å². The first kappa shape index (κ1) is 18.2. The van der Waals surface area contributed by atoms with Gasteiger partial charge in [-0.2, -0.15) is 0 Å². The molecule has 1 aliphatic carbocycles. The fraction of sp³-hybridized carbons (Fsp3) is 0.455. The van der Waals surface area contributed by atoms with E-state index in [-0.39, 0.29) is 11.6 Å². The number of anilines is 1. The molecule has 1 aliphatic heterocycles. The molecule has 2 fully saturated rings. The quantitative estimate of drug-likeness (QED) is 0.643. The smallest absolute Gasteiger partial charge is 0.261 e. The molecular weight excluding hydrogens is 366 g/mol. The van der Waals surface area contributed by atoms with Crippen molar-refractivity contribution in [2.75, 3.05) is 25.2 Å². The first-order valence-corrected chi connectivity index (χ1v) is 10.3. The highest BCUT2D eigenvalue weighted by molar-refractivity contribution is 5.77. The van der Waals surface area contributed by atoms with Crippen LogP contribution >= 0.6 is 0 Å². The minimum absolute atomic E-state index is 0.00384. The molecule has 5 rings (SSSR count). The van der Waals surface area contributed by atoms with E-state index in [0.29, 0.717) is 24.5 Å². The van der Waals surface area contributed by atoms with Crippen molar-refractivity contribution in [3.8, 4) is 0 Å². The lowest BCUT2D eigenvalue weighted by Gasteiger charge is -2.27. The maximum Gasteiger partial charge on any atom is 0.261 e. The van der Waals surface area contributed by atoms with E-state index in [4.69, 9.17) is 9.72 Å². The Bertz CT molecular complexity index is 1090. The van der Waals surface area contributed by atoms with Gasteiger partial charge in [0.25, 0.3) is 5.56 Å². The van der Waals surface area contributed by atoms with Crippen molar-refractivity contribution >= 4 is 16.7 Å². The second-order valence-corrected chi connectivity index (χ2v) is 7.86. The molecule has 0 radical (unpaired) electrons. The SMILES string of the molecule is COCCn1c(C2CCCN2c2cc(C3CC3)ncn2)nc2ccccc2c1=O. The first-order chi connectivity index (χ1) is 14.3. The highest BCUT2D eigenvalue weighted by Gasteiger charge is 2.33. The summed E-state index contributed by atoms with van der Waals surface area (Å²) in [4.78, 5) is 29.5. The maximum atomic E-state index is 13.2. The van der Waals surface area contributed by atoms with Gasteiger partial charge in [-0.1, -0.05) is 12.1 Å². The molecule has 0 spiro atoms. The zero-order valence-electron chi connectivity index (χ0n) is 16.6. The predicted molar refractivity (Wildman–Crippen MR) is 111 cm³/mol. The number of fused-ring (bicyclic) bond motifs is 1. The Morgan fingerprint density at radius 3 is 2.86 bits per heavy atom. The normalized spacial score (nSPS) is 19.2. The second kappa shape index (κ2) is 7.55. The van der Waals surface area contributed by atoms with Crippen molar-refractivity contribution in [3.05, 3.63) is 58.5 Å². The Morgan fingerprint density at radius 2 is 2.03 bits per heavy atom. The van der Waals surface area contributed by atoms with E-state index >= 15 is 0 Å². The number of rotatable bonds is 6. The minimum Gasteiger partial charge on any atom is -0.383 e. The van der Waals surface area contributed by atoms with Gasteiger partial charge in [-0.15, -0.1) is 0 Å². The number of benzene rings is 1. The van der Waals surface area contributed by atoms with Crippen LogP contribution < -0.4 is 10.5 Å². The van der Waals surface area contributed by atoms with Gasteiger partial charge in [-0.05, 0) is 37.8 Å². The van der Waals surface area contributed by atoms with E-state index in [1.54, 1.807) is 18.0 Å². The summed E-state index contributed by atoms with van der Waals surface area (Å²) in [6, 6.07) is 9.71. The van der Waals surface area contributed by atoms with Crippen molar-refractivity contribution in [1.29, 1.82) is 0 Å². The molecule has 3 heterocycles. The third-order valence-electron chi connectivity index (χ3n) is 5.92. The molecule has 7 heteroatoms. The molecule has 0 bridgehead atoms. The lowest BCUT2D eigenvalue weighted by molar-refractivity contribution is 0.184. The van der Waals surface area contributed by atoms with Crippen molar-refractivity contribution in [3.63, 3.8) is 0 Å². The minimum atomic E-state index is -0.00384. The summed E-state index contributed by atoms with van der Waals surface area (Å²) in [7, 11) is 1.65. The Kier molecular flexibility index (Phi) is 4.75. The van der Waals surface area contributed by atoms with Gasteiger partial charge in [0.05, 0.1) is 30.1 Å². The lowest BCUT2D eigenvalue weighted by atomic mass is 10.1. The molecule has 1 atom stereocenters. The summed E-state index contributed by atoms with van der Waals surface area (Å²) in [5, 5.41) is 0.648. The number of nitrogens with zero attached hydrogens (tertiary/aromatic N) is 5. The topological polar surface area (TPSA) is 73.1 Å². The Balaban J connectivity index is 1.59. The van der Waals surface area contributed by atoms with Gasteiger partial charge in [0.15, 0.2) is 0 Å². The second-order valence-electron chi connectivity index (χ2n) is 7.86. The Morgan fingerprint density at radius 1 is 1.17 bits per heavy atom. The van der Waals surface area contributed by atoms with Crippen LogP contribution in [0.25, 0.3) is 10.9 Å². The molecule has 2 aliphatic rings. The highest BCUT2D eigenvalue weighted by Crippen LogP contribution is 2.41. The van der Waals surface area contributed by atoms with Gasteiger partial charge in [-0.3, -0.25) is 9.36 Å². The van der Waals surface area contributed by atoms with E-state index in [9.17, 15) is 4.79 Å². The summed E-state index contributed by atoms with van der Waals surface area (Å²) in [5.41, 5.74) is 1.87. The summed E-state index contributed by atoms with van der Waals surface area (Å²) >= 11 is 0. The zero-order valence-corrected chi connectivity index (χ0v) is 16.6. The predicted octanol–water partition coefficient (Wildman–Crippen LogP) is 3.05. The Hall–Kier alpha value is -2.80. The van der Waals surface area contributed by atoms with Gasteiger partial charge in [0.1, 0.15) is 18.0 Å². The maximum absolute atomic E-state index is 13.2. The Labute approximate surface area is 169 Å². The van der Waals surface area contributed by atoms with E-state index in [0.717, 1.165) is 42.2 Å². The summed E-state index contributed by atoms with van der Waals surface area (Å²) < 4.78 is 7.06. The summed E-state index contributed by atoms with van der Waals surface area (Å²) in [5.74, 6) is 2.32. The third kappa shape index (κ3) is 3.40. The van der Waals surface area contributed by atoms with Crippen LogP contribution in [0.4, 0.5) is 5.82 Å². The summed E-state index contributed by atoms with van der Waals surface area (Å²) in [6.07, 6.45) is 6.08. The molecule has 1 aromatic carbocycles. The molecule has 2 aromatic heterocycles. The molecule has 1 saturated carbocycles. The molecule has 1 saturated heterocycles. The van der Waals surface area contributed by atoms with Gasteiger partial charge in [0, 0.05) is 31.3 Å². The molecule has 3 aromatic rings. The molecule has 0 amide bonds.